The molecule has 1 N–H and O–H groups in total. The molecule has 0 amide bonds. The summed E-state index contributed by atoms with van der Waals surface area (Å²) in [5.41, 5.74) is 0. The van der Waals surface area contributed by atoms with Crippen LogP contribution >= 0.6 is 0 Å². The van der Waals surface area contributed by atoms with Crippen molar-refractivity contribution >= 4 is 9.84 Å². The van der Waals surface area contributed by atoms with Gasteiger partial charge in [0.15, 0.2) is 16.1 Å². The van der Waals surface area contributed by atoms with Crippen LogP contribution in [0.25, 0.3) is 0 Å². The zero-order valence-corrected chi connectivity index (χ0v) is 19.3. The predicted octanol–water partition coefficient (Wildman–Crippen LogP) is 5.26. The Bertz CT molecular complexity index is 655. The van der Waals surface area contributed by atoms with Gasteiger partial charge < -0.3 is 14.6 Å². The van der Waals surface area contributed by atoms with Gasteiger partial charge in [-0.05, 0) is 25.0 Å². The molecule has 1 aromatic carbocycles. The second kappa shape index (κ2) is 14.2. The molecule has 0 aromatic heterocycles. The number of sulfone groups is 1. The number of rotatable bonds is 16. The molecule has 0 aliphatic carbocycles. The quantitative estimate of drug-likeness (QED) is 0.355. The Morgan fingerprint density at radius 2 is 1.50 bits per heavy atom. The van der Waals surface area contributed by atoms with E-state index in [2.05, 4.69) is 6.92 Å². The van der Waals surface area contributed by atoms with Crippen molar-refractivity contribution in [1.82, 2.24) is 0 Å². The minimum absolute atomic E-state index is 0.220. The van der Waals surface area contributed by atoms with Crippen molar-refractivity contribution in [3.8, 4) is 0 Å². The second-order valence-corrected chi connectivity index (χ2v) is 10.6. The van der Waals surface area contributed by atoms with E-state index >= 15 is 0 Å². The van der Waals surface area contributed by atoms with Crippen LogP contribution in [0.3, 0.4) is 0 Å². The lowest BCUT2D eigenvalue weighted by molar-refractivity contribution is -0.0487. The maximum atomic E-state index is 13.2. The van der Waals surface area contributed by atoms with E-state index in [9.17, 15) is 13.5 Å². The molecule has 1 heterocycles. The maximum absolute atomic E-state index is 13.2. The van der Waals surface area contributed by atoms with Gasteiger partial charge in [-0.3, -0.25) is 0 Å². The first-order chi connectivity index (χ1) is 14.5. The van der Waals surface area contributed by atoms with Crippen LogP contribution in [0.15, 0.2) is 35.2 Å². The first kappa shape index (κ1) is 25.3. The van der Waals surface area contributed by atoms with Gasteiger partial charge in [0.1, 0.15) is 0 Å². The molecule has 2 rings (SSSR count). The van der Waals surface area contributed by atoms with E-state index in [-0.39, 0.29) is 12.8 Å². The van der Waals surface area contributed by atoms with Crippen LogP contribution in [0.1, 0.15) is 84.0 Å². The number of aliphatic hydroxyl groups excluding tert-OH is 1. The van der Waals surface area contributed by atoms with Gasteiger partial charge in [-0.15, -0.1) is 0 Å². The highest BCUT2D eigenvalue weighted by Gasteiger charge is 2.33. The van der Waals surface area contributed by atoms with Crippen LogP contribution in [0.2, 0.25) is 0 Å². The second-order valence-electron chi connectivity index (χ2n) is 8.39. The van der Waals surface area contributed by atoms with E-state index < -0.39 is 27.5 Å². The van der Waals surface area contributed by atoms with Crippen molar-refractivity contribution in [2.24, 2.45) is 0 Å². The minimum atomic E-state index is -3.55. The molecule has 1 saturated heterocycles. The third-order valence-corrected chi connectivity index (χ3v) is 8.02. The summed E-state index contributed by atoms with van der Waals surface area (Å²) in [6.45, 7) is 3.21. The molecule has 1 unspecified atom stereocenters. The van der Waals surface area contributed by atoms with Crippen molar-refractivity contribution in [3.63, 3.8) is 0 Å². The first-order valence-corrected chi connectivity index (χ1v) is 13.3. The lowest BCUT2D eigenvalue weighted by Gasteiger charge is -2.23. The van der Waals surface area contributed by atoms with Crippen LogP contribution in [-0.2, 0) is 19.3 Å². The summed E-state index contributed by atoms with van der Waals surface area (Å²) in [4.78, 5) is 0.295. The van der Waals surface area contributed by atoms with Gasteiger partial charge >= 0.3 is 0 Å². The first-order valence-electron chi connectivity index (χ1n) is 11.7. The molecule has 172 valence electrons. The molecule has 0 spiro atoms. The third-order valence-electron chi connectivity index (χ3n) is 5.83. The van der Waals surface area contributed by atoms with E-state index in [4.69, 9.17) is 9.47 Å². The fraction of sp³-hybridized carbons (Fsp3) is 0.750. The number of hydrogen-bond donors (Lipinski definition) is 1. The van der Waals surface area contributed by atoms with Crippen LogP contribution < -0.4 is 0 Å². The van der Waals surface area contributed by atoms with Crippen LogP contribution in [-0.4, -0.2) is 44.4 Å². The van der Waals surface area contributed by atoms with Crippen molar-refractivity contribution in [2.45, 2.75) is 107 Å². The molecule has 1 aromatic rings. The Labute approximate surface area is 183 Å². The maximum Gasteiger partial charge on any atom is 0.181 e. The van der Waals surface area contributed by atoms with Crippen LogP contribution in [0.4, 0.5) is 0 Å². The highest BCUT2D eigenvalue weighted by molar-refractivity contribution is 7.92. The number of benzene rings is 1. The van der Waals surface area contributed by atoms with Gasteiger partial charge in [0.2, 0.25) is 0 Å². The fourth-order valence-corrected chi connectivity index (χ4v) is 5.83. The molecular weight excluding hydrogens is 400 g/mol. The zero-order chi connectivity index (χ0) is 21.7. The molecule has 1 fully saturated rings. The molecule has 2 atom stereocenters. The van der Waals surface area contributed by atoms with Gasteiger partial charge in [-0.25, -0.2) is 8.42 Å². The minimum Gasteiger partial charge on any atom is -0.393 e. The third kappa shape index (κ3) is 9.04. The molecule has 1 aliphatic heterocycles. The number of aliphatic hydroxyl groups is 1. The standard InChI is InChI=1S/C24H40O5S/c1-2-3-4-5-6-7-8-9-11-14-21(25)19-23(20-24-28-17-18-29-24)30(26,27)22-15-12-10-13-16-22/h10,12-13,15-16,21,23-25H,2-9,11,14,17-20H2,1H3/t21-,23?/m0/s1. The van der Waals surface area contributed by atoms with Crippen molar-refractivity contribution in [3.05, 3.63) is 30.3 Å². The summed E-state index contributed by atoms with van der Waals surface area (Å²) in [6.07, 6.45) is 11.0. The van der Waals surface area contributed by atoms with E-state index in [1.54, 1.807) is 30.3 Å². The lowest BCUT2D eigenvalue weighted by atomic mass is 10.0. The molecule has 5 nitrogen and oxygen atoms in total. The van der Waals surface area contributed by atoms with Crippen LogP contribution in [0, 0.1) is 0 Å². The molecular formula is C24H40O5S. The number of ether oxygens (including phenoxy) is 2. The monoisotopic (exact) mass is 440 g/mol. The average molecular weight is 441 g/mol. The average Bonchev–Trinajstić information content (AvgIpc) is 3.26. The summed E-state index contributed by atoms with van der Waals surface area (Å²) in [7, 11) is -3.55. The molecule has 6 heteroatoms. The van der Waals surface area contributed by atoms with Gasteiger partial charge in [0, 0.05) is 6.42 Å². The zero-order valence-electron chi connectivity index (χ0n) is 18.5. The molecule has 0 saturated carbocycles. The summed E-state index contributed by atoms with van der Waals surface area (Å²) in [5.74, 6) is 0. The largest absolute Gasteiger partial charge is 0.393 e. The topological polar surface area (TPSA) is 72.8 Å². The summed E-state index contributed by atoms with van der Waals surface area (Å²) >= 11 is 0. The Kier molecular flexibility index (Phi) is 12.0. The Morgan fingerprint density at radius 1 is 0.933 bits per heavy atom. The highest BCUT2D eigenvalue weighted by atomic mass is 32.2. The number of unbranched alkanes of at least 4 members (excludes halogenated alkanes) is 8. The number of hydrogen-bond acceptors (Lipinski definition) is 5. The normalized spacial score (nSPS) is 17.3. The van der Waals surface area contributed by atoms with Gasteiger partial charge in [0.05, 0.1) is 29.5 Å². The van der Waals surface area contributed by atoms with E-state index in [0.717, 1.165) is 12.8 Å². The van der Waals surface area contributed by atoms with Gasteiger partial charge in [0.25, 0.3) is 0 Å². The summed E-state index contributed by atoms with van der Waals surface area (Å²) in [6, 6.07) is 8.49. The Morgan fingerprint density at radius 3 is 2.10 bits per heavy atom. The Hall–Kier alpha value is -0.950. The smallest absolute Gasteiger partial charge is 0.181 e. The molecule has 1 aliphatic rings. The van der Waals surface area contributed by atoms with E-state index in [1.165, 1.54) is 44.9 Å². The molecule has 0 bridgehead atoms. The van der Waals surface area contributed by atoms with Crippen molar-refractivity contribution in [1.29, 1.82) is 0 Å². The van der Waals surface area contributed by atoms with Gasteiger partial charge in [-0.2, -0.15) is 0 Å². The summed E-state index contributed by atoms with van der Waals surface area (Å²) in [5, 5.41) is 9.85. The molecule has 0 radical (unpaired) electrons. The van der Waals surface area contributed by atoms with Crippen molar-refractivity contribution < 1.29 is 23.0 Å². The predicted molar refractivity (Wildman–Crippen MR) is 120 cm³/mol. The van der Waals surface area contributed by atoms with Gasteiger partial charge in [-0.1, -0.05) is 82.9 Å². The SMILES string of the molecule is CCCCCCCCCCC[C@H](O)CC(CC1OCCO1)S(=O)(=O)c1ccccc1. The van der Waals surface area contributed by atoms with Crippen LogP contribution in [0.5, 0.6) is 0 Å². The van der Waals surface area contributed by atoms with E-state index in [0.29, 0.717) is 24.5 Å². The fourth-order valence-electron chi connectivity index (χ4n) is 4.02. The summed E-state index contributed by atoms with van der Waals surface area (Å²) < 4.78 is 37.3. The van der Waals surface area contributed by atoms with E-state index in [1.807, 2.05) is 0 Å². The van der Waals surface area contributed by atoms with Crippen molar-refractivity contribution in [2.75, 3.05) is 13.2 Å². The lowest BCUT2D eigenvalue weighted by Crippen LogP contribution is -2.31. The molecule has 30 heavy (non-hydrogen) atoms. The highest BCUT2D eigenvalue weighted by Crippen LogP contribution is 2.27. The Balaban J connectivity index is 1.79.